The summed E-state index contributed by atoms with van der Waals surface area (Å²) in [5.74, 6) is 0.425. The number of amides is 2. The molecule has 0 aliphatic rings. The Labute approximate surface area is 118 Å². The van der Waals surface area contributed by atoms with Crippen molar-refractivity contribution in [3.63, 3.8) is 0 Å². The van der Waals surface area contributed by atoms with E-state index >= 15 is 0 Å². The van der Waals surface area contributed by atoms with E-state index in [1.807, 2.05) is 20.8 Å². The zero-order valence-corrected chi connectivity index (χ0v) is 13.0. The molecular formula is C12H21N5O3. The van der Waals surface area contributed by atoms with Crippen LogP contribution in [0.4, 0.5) is 9.59 Å². The molecule has 112 valence electrons. The monoisotopic (exact) mass is 283 g/mol. The molecule has 0 saturated carbocycles. The van der Waals surface area contributed by atoms with Gasteiger partial charge in [-0.3, -0.25) is 0 Å². The molecule has 1 aromatic heterocycles. The second kappa shape index (κ2) is 5.48. The highest BCUT2D eigenvalue weighted by Crippen LogP contribution is 2.21. The van der Waals surface area contributed by atoms with Gasteiger partial charge < -0.3 is 14.5 Å². The van der Waals surface area contributed by atoms with E-state index in [1.165, 1.54) is 9.80 Å². The Morgan fingerprint density at radius 1 is 1.10 bits per heavy atom. The number of nitrogens with zero attached hydrogens (tertiary/aromatic N) is 5. The van der Waals surface area contributed by atoms with E-state index in [-0.39, 0.29) is 11.4 Å². The van der Waals surface area contributed by atoms with Gasteiger partial charge in [-0.1, -0.05) is 20.8 Å². The van der Waals surface area contributed by atoms with E-state index in [0.29, 0.717) is 5.82 Å². The average molecular weight is 283 g/mol. The number of hydrogen-bond acceptors (Lipinski definition) is 5. The summed E-state index contributed by atoms with van der Waals surface area (Å²) in [4.78, 5) is 30.4. The molecule has 0 aliphatic carbocycles. The Bertz CT molecular complexity index is 514. The van der Waals surface area contributed by atoms with Crippen LogP contribution >= 0.6 is 0 Å². The van der Waals surface area contributed by atoms with Gasteiger partial charge in [-0.15, -0.1) is 9.78 Å². The standard InChI is InChI=1S/C12H21N5O3/c1-12(2,3)8-13-9(20-11(19)16(6)7)17(14-8)10(18)15(4)5/h1-7H3. The van der Waals surface area contributed by atoms with Crippen LogP contribution in [0.5, 0.6) is 6.01 Å². The summed E-state index contributed by atoms with van der Waals surface area (Å²) in [7, 11) is 6.25. The van der Waals surface area contributed by atoms with Crippen LogP contribution in [0, 0.1) is 0 Å². The number of carbonyl (C=O) groups excluding carboxylic acids is 2. The van der Waals surface area contributed by atoms with Crippen LogP contribution in [-0.4, -0.2) is 64.9 Å². The Balaban J connectivity index is 3.23. The van der Waals surface area contributed by atoms with Gasteiger partial charge >= 0.3 is 18.1 Å². The SMILES string of the molecule is CN(C)C(=O)Oc1nc(C(C)(C)C)nn1C(=O)N(C)C. The van der Waals surface area contributed by atoms with E-state index in [4.69, 9.17) is 4.74 Å². The fourth-order valence-electron chi connectivity index (χ4n) is 1.16. The zero-order chi connectivity index (χ0) is 15.7. The highest BCUT2D eigenvalue weighted by atomic mass is 16.6. The second-order valence-electron chi connectivity index (χ2n) is 5.82. The van der Waals surface area contributed by atoms with Gasteiger partial charge in [0, 0.05) is 33.6 Å². The van der Waals surface area contributed by atoms with Gasteiger partial charge in [0.05, 0.1) is 0 Å². The molecule has 8 nitrogen and oxygen atoms in total. The highest BCUT2D eigenvalue weighted by molar-refractivity contribution is 5.77. The van der Waals surface area contributed by atoms with Gasteiger partial charge in [0.25, 0.3) is 0 Å². The maximum atomic E-state index is 12.0. The lowest BCUT2D eigenvalue weighted by molar-refractivity contribution is 0.164. The fraction of sp³-hybridized carbons (Fsp3) is 0.667. The highest BCUT2D eigenvalue weighted by Gasteiger charge is 2.27. The first-order valence-electron chi connectivity index (χ1n) is 6.12. The molecule has 0 unspecified atom stereocenters. The summed E-state index contributed by atoms with van der Waals surface area (Å²) in [6, 6.07) is -0.568. The third kappa shape index (κ3) is 3.46. The zero-order valence-electron chi connectivity index (χ0n) is 13.0. The van der Waals surface area contributed by atoms with Crippen LogP contribution < -0.4 is 4.74 Å². The smallest absolute Gasteiger partial charge is 0.374 e. The molecule has 0 atom stereocenters. The lowest BCUT2D eigenvalue weighted by Gasteiger charge is -2.13. The van der Waals surface area contributed by atoms with Gasteiger partial charge in [0.15, 0.2) is 5.82 Å². The van der Waals surface area contributed by atoms with Crippen molar-refractivity contribution in [2.24, 2.45) is 0 Å². The number of hydrogen-bond donors (Lipinski definition) is 0. The van der Waals surface area contributed by atoms with E-state index in [1.54, 1.807) is 28.2 Å². The molecule has 0 bridgehead atoms. The molecule has 1 rings (SSSR count). The molecule has 0 N–H and O–H groups in total. The number of ether oxygens (including phenoxy) is 1. The minimum atomic E-state index is -0.620. The molecule has 0 fully saturated rings. The summed E-state index contributed by atoms with van der Waals surface area (Å²) in [5.41, 5.74) is -0.364. The molecular weight excluding hydrogens is 262 g/mol. The number of rotatable bonds is 1. The Hall–Kier alpha value is -2.12. The topological polar surface area (TPSA) is 80.6 Å². The van der Waals surface area contributed by atoms with E-state index in [2.05, 4.69) is 10.1 Å². The second-order valence-corrected chi connectivity index (χ2v) is 5.82. The maximum absolute atomic E-state index is 12.0. The molecule has 8 heteroatoms. The molecule has 2 amide bonds. The van der Waals surface area contributed by atoms with Gasteiger partial charge in [-0.2, -0.15) is 4.98 Å². The van der Waals surface area contributed by atoms with Gasteiger partial charge in [-0.25, -0.2) is 9.59 Å². The minimum absolute atomic E-state index is 0.132. The predicted molar refractivity (Wildman–Crippen MR) is 72.9 cm³/mol. The normalized spacial score (nSPS) is 11.2. The van der Waals surface area contributed by atoms with E-state index in [9.17, 15) is 9.59 Å². The summed E-state index contributed by atoms with van der Waals surface area (Å²) >= 11 is 0. The van der Waals surface area contributed by atoms with Crippen LogP contribution in [0.3, 0.4) is 0 Å². The van der Waals surface area contributed by atoms with Crippen molar-refractivity contribution >= 4 is 12.1 Å². The van der Waals surface area contributed by atoms with Crippen LogP contribution in [0.1, 0.15) is 26.6 Å². The van der Waals surface area contributed by atoms with Gasteiger partial charge in [-0.05, 0) is 0 Å². The molecule has 1 heterocycles. The van der Waals surface area contributed by atoms with Crippen molar-refractivity contribution in [2.75, 3.05) is 28.2 Å². The Morgan fingerprint density at radius 3 is 2.05 bits per heavy atom. The average Bonchev–Trinajstić information content (AvgIpc) is 2.71. The number of carbonyl (C=O) groups is 2. The number of aromatic nitrogens is 3. The van der Waals surface area contributed by atoms with Crippen molar-refractivity contribution in [1.82, 2.24) is 24.6 Å². The molecule has 0 spiro atoms. The lowest BCUT2D eigenvalue weighted by atomic mass is 9.96. The van der Waals surface area contributed by atoms with Crippen molar-refractivity contribution in [1.29, 1.82) is 0 Å². The fourth-order valence-corrected chi connectivity index (χ4v) is 1.16. The van der Waals surface area contributed by atoms with Crippen molar-refractivity contribution in [3.05, 3.63) is 5.82 Å². The van der Waals surface area contributed by atoms with Crippen LogP contribution in [0.2, 0.25) is 0 Å². The van der Waals surface area contributed by atoms with Gasteiger partial charge in [0.1, 0.15) is 0 Å². The van der Waals surface area contributed by atoms with E-state index in [0.717, 1.165) is 4.68 Å². The summed E-state index contributed by atoms with van der Waals surface area (Å²) < 4.78 is 6.07. The third-order valence-corrected chi connectivity index (χ3v) is 2.36. The first-order valence-corrected chi connectivity index (χ1v) is 6.12. The lowest BCUT2D eigenvalue weighted by Crippen LogP contribution is -2.31. The van der Waals surface area contributed by atoms with Crippen molar-refractivity contribution < 1.29 is 14.3 Å². The summed E-state index contributed by atoms with van der Waals surface area (Å²) in [5, 5.41) is 4.13. The van der Waals surface area contributed by atoms with Crippen molar-refractivity contribution in [2.45, 2.75) is 26.2 Å². The molecule has 20 heavy (non-hydrogen) atoms. The Morgan fingerprint density at radius 2 is 1.65 bits per heavy atom. The minimum Gasteiger partial charge on any atom is -0.374 e. The van der Waals surface area contributed by atoms with Crippen molar-refractivity contribution in [3.8, 4) is 6.01 Å². The molecule has 1 aromatic rings. The quantitative estimate of drug-likeness (QED) is 0.772. The Kier molecular flexibility index (Phi) is 4.36. The summed E-state index contributed by atoms with van der Waals surface area (Å²) in [6.07, 6.45) is -0.620. The molecule has 0 saturated heterocycles. The molecule has 0 aromatic carbocycles. The predicted octanol–water partition coefficient (Wildman–Crippen LogP) is 1.17. The van der Waals surface area contributed by atoms with Crippen LogP contribution in [0.25, 0.3) is 0 Å². The van der Waals surface area contributed by atoms with Crippen LogP contribution in [-0.2, 0) is 5.41 Å². The first-order chi connectivity index (χ1) is 9.04. The van der Waals surface area contributed by atoms with Gasteiger partial charge in [0.2, 0.25) is 0 Å². The molecule has 0 aliphatic heterocycles. The molecule has 0 radical (unpaired) electrons. The third-order valence-electron chi connectivity index (χ3n) is 2.36. The maximum Gasteiger partial charge on any atom is 0.417 e. The first kappa shape index (κ1) is 15.9. The largest absolute Gasteiger partial charge is 0.417 e. The van der Waals surface area contributed by atoms with Crippen LogP contribution in [0.15, 0.2) is 0 Å². The van der Waals surface area contributed by atoms with E-state index < -0.39 is 12.1 Å². The summed E-state index contributed by atoms with van der Waals surface area (Å²) in [6.45, 7) is 5.72.